The predicted molar refractivity (Wildman–Crippen MR) is 70.4 cm³/mol. The molecule has 0 fully saturated rings. The topological polar surface area (TPSA) is 63.1 Å². The van der Waals surface area contributed by atoms with Crippen LogP contribution >= 0.6 is 11.8 Å². The van der Waals surface area contributed by atoms with Crippen LogP contribution in [0.25, 0.3) is 11.4 Å². The van der Waals surface area contributed by atoms with Gasteiger partial charge in [0.2, 0.25) is 0 Å². The van der Waals surface area contributed by atoms with E-state index < -0.39 is 5.97 Å². The summed E-state index contributed by atoms with van der Waals surface area (Å²) in [5, 5.41) is 8.54. The number of benzene rings is 1. The SMILES string of the molecule is O=C(O)CCSc1cnc(-c2ccccc2)nc1. The maximum atomic E-state index is 10.4. The second kappa shape index (κ2) is 6.16. The van der Waals surface area contributed by atoms with Crippen molar-refractivity contribution in [2.75, 3.05) is 5.75 Å². The van der Waals surface area contributed by atoms with Gasteiger partial charge in [0.25, 0.3) is 0 Å². The molecule has 0 aliphatic heterocycles. The van der Waals surface area contributed by atoms with Gasteiger partial charge in [0.15, 0.2) is 5.82 Å². The Morgan fingerprint density at radius 1 is 1.17 bits per heavy atom. The van der Waals surface area contributed by atoms with Gasteiger partial charge < -0.3 is 5.11 Å². The Bertz CT molecular complexity index is 514. The fraction of sp³-hybridized carbons (Fsp3) is 0.154. The lowest BCUT2D eigenvalue weighted by atomic mass is 10.2. The van der Waals surface area contributed by atoms with Crippen LogP contribution in [0.2, 0.25) is 0 Å². The zero-order valence-electron chi connectivity index (χ0n) is 9.61. The third kappa shape index (κ3) is 3.56. The zero-order chi connectivity index (χ0) is 12.8. The largest absolute Gasteiger partial charge is 0.481 e. The van der Waals surface area contributed by atoms with Crippen LogP contribution in [-0.4, -0.2) is 26.8 Å². The van der Waals surface area contributed by atoms with Gasteiger partial charge in [-0.15, -0.1) is 11.8 Å². The van der Waals surface area contributed by atoms with Crippen molar-refractivity contribution in [2.24, 2.45) is 0 Å². The van der Waals surface area contributed by atoms with Crippen molar-refractivity contribution in [1.82, 2.24) is 9.97 Å². The Kier molecular flexibility index (Phi) is 4.30. The Labute approximate surface area is 109 Å². The van der Waals surface area contributed by atoms with Crippen LogP contribution in [0.15, 0.2) is 47.6 Å². The molecule has 1 heterocycles. The number of hydrogen-bond acceptors (Lipinski definition) is 4. The highest BCUT2D eigenvalue weighted by Gasteiger charge is 2.02. The molecule has 1 aromatic carbocycles. The molecule has 0 unspecified atom stereocenters. The smallest absolute Gasteiger partial charge is 0.304 e. The van der Waals surface area contributed by atoms with Crippen molar-refractivity contribution >= 4 is 17.7 Å². The molecule has 0 amide bonds. The van der Waals surface area contributed by atoms with Crippen LogP contribution in [0.4, 0.5) is 0 Å². The van der Waals surface area contributed by atoms with Gasteiger partial charge in [-0.1, -0.05) is 30.3 Å². The number of hydrogen-bond donors (Lipinski definition) is 1. The number of carbonyl (C=O) groups is 1. The first-order valence-electron chi connectivity index (χ1n) is 5.48. The first-order valence-corrected chi connectivity index (χ1v) is 6.46. The third-order valence-corrected chi connectivity index (χ3v) is 3.20. The Balaban J connectivity index is 2.00. The summed E-state index contributed by atoms with van der Waals surface area (Å²) in [7, 11) is 0. The summed E-state index contributed by atoms with van der Waals surface area (Å²) >= 11 is 1.45. The van der Waals surface area contributed by atoms with E-state index in [4.69, 9.17) is 5.11 Å². The normalized spacial score (nSPS) is 10.2. The highest BCUT2D eigenvalue weighted by atomic mass is 32.2. The predicted octanol–water partition coefficient (Wildman–Crippen LogP) is 2.71. The van der Waals surface area contributed by atoms with E-state index in [2.05, 4.69) is 9.97 Å². The Morgan fingerprint density at radius 2 is 1.83 bits per heavy atom. The molecule has 2 aromatic rings. The molecule has 5 heteroatoms. The zero-order valence-corrected chi connectivity index (χ0v) is 10.4. The first kappa shape index (κ1) is 12.6. The Morgan fingerprint density at radius 3 is 2.44 bits per heavy atom. The first-order chi connectivity index (χ1) is 8.75. The maximum absolute atomic E-state index is 10.4. The number of rotatable bonds is 5. The Hall–Kier alpha value is -1.88. The molecule has 4 nitrogen and oxygen atoms in total. The maximum Gasteiger partial charge on any atom is 0.304 e. The van der Waals surface area contributed by atoms with Crippen LogP contribution in [0.1, 0.15) is 6.42 Å². The molecule has 0 aliphatic rings. The summed E-state index contributed by atoms with van der Waals surface area (Å²) in [6.45, 7) is 0. The molecule has 18 heavy (non-hydrogen) atoms. The lowest BCUT2D eigenvalue weighted by Crippen LogP contribution is -1.96. The van der Waals surface area contributed by atoms with Crippen LogP contribution in [-0.2, 0) is 4.79 Å². The molecule has 1 N–H and O–H groups in total. The molecule has 0 radical (unpaired) electrons. The highest BCUT2D eigenvalue weighted by Crippen LogP contribution is 2.19. The van der Waals surface area contributed by atoms with Crippen molar-refractivity contribution < 1.29 is 9.90 Å². The summed E-state index contributed by atoms with van der Waals surface area (Å²) < 4.78 is 0. The van der Waals surface area contributed by atoms with Gasteiger partial charge in [-0.3, -0.25) is 4.79 Å². The monoisotopic (exact) mass is 260 g/mol. The molecular formula is C13H12N2O2S. The fourth-order valence-corrected chi connectivity index (χ4v) is 2.15. The highest BCUT2D eigenvalue weighted by molar-refractivity contribution is 7.99. The van der Waals surface area contributed by atoms with Crippen molar-refractivity contribution in [3.05, 3.63) is 42.7 Å². The molecule has 0 saturated carbocycles. The minimum Gasteiger partial charge on any atom is -0.481 e. The van der Waals surface area contributed by atoms with E-state index in [1.54, 1.807) is 12.4 Å². The lowest BCUT2D eigenvalue weighted by molar-refractivity contribution is -0.136. The number of aliphatic carboxylic acids is 1. The van der Waals surface area contributed by atoms with Crippen LogP contribution < -0.4 is 0 Å². The lowest BCUT2D eigenvalue weighted by Gasteiger charge is -2.01. The molecule has 0 saturated heterocycles. The van der Waals surface area contributed by atoms with Crippen LogP contribution in [0, 0.1) is 0 Å². The van der Waals surface area contributed by atoms with E-state index in [1.165, 1.54) is 11.8 Å². The molecule has 0 aliphatic carbocycles. The molecule has 2 rings (SSSR count). The summed E-state index contributed by atoms with van der Waals surface area (Å²) in [6, 6.07) is 9.72. The molecule has 92 valence electrons. The van der Waals surface area contributed by atoms with Crippen LogP contribution in [0.5, 0.6) is 0 Å². The van der Waals surface area contributed by atoms with Crippen LogP contribution in [0.3, 0.4) is 0 Å². The minimum atomic E-state index is -0.788. The van der Waals surface area contributed by atoms with Gasteiger partial charge in [0, 0.05) is 28.6 Å². The molecular weight excluding hydrogens is 248 g/mol. The summed E-state index contributed by atoms with van der Waals surface area (Å²) in [5.74, 6) is 0.422. The molecule has 0 spiro atoms. The fourth-order valence-electron chi connectivity index (χ4n) is 1.38. The number of nitrogens with zero attached hydrogens (tertiary/aromatic N) is 2. The summed E-state index contributed by atoms with van der Waals surface area (Å²) in [5.41, 5.74) is 0.972. The number of aromatic nitrogens is 2. The van der Waals surface area contributed by atoms with Crippen molar-refractivity contribution in [1.29, 1.82) is 0 Å². The van der Waals surface area contributed by atoms with Gasteiger partial charge in [0.1, 0.15) is 0 Å². The van der Waals surface area contributed by atoms with E-state index in [9.17, 15) is 4.79 Å². The third-order valence-electron chi connectivity index (χ3n) is 2.24. The van der Waals surface area contributed by atoms with Gasteiger partial charge in [-0.25, -0.2) is 9.97 Å². The van der Waals surface area contributed by atoms with Gasteiger partial charge >= 0.3 is 5.97 Å². The number of carboxylic acid groups (broad SMARTS) is 1. The van der Waals surface area contributed by atoms with Gasteiger partial charge in [-0.05, 0) is 0 Å². The standard InChI is InChI=1S/C13H12N2O2S/c16-12(17)6-7-18-11-8-14-13(15-9-11)10-4-2-1-3-5-10/h1-5,8-9H,6-7H2,(H,16,17). The minimum absolute atomic E-state index is 0.144. The second-order valence-corrected chi connectivity index (χ2v) is 4.77. The van der Waals surface area contributed by atoms with E-state index >= 15 is 0 Å². The second-order valence-electron chi connectivity index (χ2n) is 3.60. The van der Waals surface area contributed by atoms with E-state index in [0.29, 0.717) is 11.6 Å². The average Bonchev–Trinajstić information content (AvgIpc) is 2.40. The number of thioether (sulfide) groups is 1. The van der Waals surface area contributed by atoms with Crippen molar-refractivity contribution in [3.63, 3.8) is 0 Å². The van der Waals surface area contributed by atoms with E-state index in [0.717, 1.165) is 10.5 Å². The van der Waals surface area contributed by atoms with Crippen molar-refractivity contribution in [3.8, 4) is 11.4 Å². The van der Waals surface area contributed by atoms with Gasteiger partial charge in [0.05, 0.1) is 6.42 Å². The average molecular weight is 260 g/mol. The van der Waals surface area contributed by atoms with Gasteiger partial charge in [-0.2, -0.15) is 0 Å². The van der Waals surface area contributed by atoms with E-state index in [-0.39, 0.29) is 6.42 Å². The molecule has 1 aromatic heterocycles. The summed E-state index contributed by atoms with van der Waals surface area (Å²) in [6.07, 6.45) is 3.59. The van der Waals surface area contributed by atoms with Crippen molar-refractivity contribution in [2.45, 2.75) is 11.3 Å². The summed E-state index contributed by atoms with van der Waals surface area (Å²) in [4.78, 5) is 19.8. The van der Waals surface area contributed by atoms with E-state index in [1.807, 2.05) is 30.3 Å². The quantitative estimate of drug-likeness (QED) is 0.837. The molecule has 0 atom stereocenters. The number of carboxylic acids is 1. The molecule has 0 bridgehead atoms.